The molecule has 8 rings (SSSR count). The molecule has 0 heterocycles. The van der Waals surface area contributed by atoms with Crippen molar-refractivity contribution in [2.24, 2.45) is 29.1 Å². The molecule has 43 heavy (non-hydrogen) atoms. The van der Waals surface area contributed by atoms with Crippen LogP contribution in [0.4, 0.5) is 0 Å². The van der Waals surface area contributed by atoms with Gasteiger partial charge in [-0.3, -0.25) is 0 Å². The standard InChI is InChI=1S/C21H25.C18H25.C3H6.Zr/c1-20(2,3)16-9-7-14-11-15-8-10-17(21(4,5)6)13-19(15)18(14)12-16;1-12-3-13(2)17(4-12)11-18-8-14-5-15(9-18)7-16(6-14)10-18;1-3-2;/h7,9-10,12-13H,11H2,1-6H3;4,12,14-16H,5-11H2,1-2H3;1-2H3;. The summed E-state index contributed by atoms with van der Waals surface area (Å²) in [6.07, 6.45) is 14.4. The van der Waals surface area contributed by atoms with Crippen molar-refractivity contribution in [3.8, 4) is 11.1 Å². The summed E-state index contributed by atoms with van der Waals surface area (Å²) in [6.45, 7) is 24.4. The van der Waals surface area contributed by atoms with Crippen molar-refractivity contribution in [2.45, 2.75) is 131 Å². The number of benzene rings is 2. The van der Waals surface area contributed by atoms with Crippen LogP contribution in [-0.2, 0) is 38.5 Å². The summed E-state index contributed by atoms with van der Waals surface area (Å²) >= 11 is -2.34. The zero-order chi connectivity index (χ0) is 30.6. The number of hydrogen-bond donors (Lipinski definition) is 0. The van der Waals surface area contributed by atoms with E-state index in [1.165, 1.54) is 47.9 Å². The van der Waals surface area contributed by atoms with Crippen molar-refractivity contribution in [1.29, 1.82) is 0 Å². The van der Waals surface area contributed by atoms with Gasteiger partial charge >= 0.3 is 272 Å². The predicted molar refractivity (Wildman–Crippen MR) is 183 cm³/mol. The summed E-state index contributed by atoms with van der Waals surface area (Å²) in [5.41, 5.74) is 13.7. The molecule has 2 aromatic carbocycles. The van der Waals surface area contributed by atoms with Gasteiger partial charge in [-0.05, 0) is 0 Å². The molecule has 0 radical (unpaired) electrons. The van der Waals surface area contributed by atoms with Crippen LogP contribution in [0.2, 0.25) is 0 Å². The van der Waals surface area contributed by atoms with Gasteiger partial charge in [0.2, 0.25) is 0 Å². The van der Waals surface area contributed by atoms with Crippen molar-refractivity contribution in [3.63, 3.8) is 0 Å². The van der Waals surface area contributed by atoms with E-state index < -0.39 is 21.3 Å². The molecule has 0 amide bonds. The van der Waals surface area contributed by atoms with Crippen molar-refractivity contribution >= 4 is 6.48 Å². The van der Waals surface area contributed by atoms with Crippen LogP contribution in [0.25, 0.3) is 11.1 Å². The summed E-state index contributed by atoms with van der Waals surface area (Å²) in [7, 11) is 0. The summed E-state index contributed by atoms with van der Waals surface area (Å²) in [5, 5.41) is 0. The van der Waals surface area contributed by atoms with Gasteiger partial charge in [0, 0.05) is 0 Å². The van der Waals surface area contributed by atoms with Crippen LogP contribution >= 0.6 is 0 Å². The molecule has 0 spiro atoms. The zero-order valence-electron chi connectivity index (χ0n) is 28.9. The maximum atomic E-state index is 2.75. The van der Waals surface area contributed by atoms with E-state index in [-0.39, 0.29) is 10.8 Å². The molecule has 2 aromatic rings. The van der Waals surface area contributed by atoms with Gasteiger partial charge in [0.1, 0.15) is 0 Å². The summed E-state index contributed by atoms with van der Waals surface area (Å²) < 4.78 is 5.42. The predicted octanol–water partition coefficient (Wildman–Crippen LogP) is 10.8. The van der Waals surface area contributed by atoms with Crippen molar-refractivity contribution in [2.75, 3.05) is 0 Å². The van der Waals surface area contributed by atoms with Gasteiger partial charge in [-0.25, -0.2) is 0 Å². The van der Waals surface area contributed by atoms with Crippen LogP contribution in [0.15, 0.2) is 50.8 Å². The molecule has 4 bridgehead atoms. The Hall–Kier alpha value is -1.33. The molecule has 4 fully saturated rings. The Morgan fingerprint density at radius 3 is 1.95 bits per heavy atom. The summed E-state index contributed by atoms with van der Waals surface area (Å²) in [4.78, 5) is 0. The molecule has 0 aromatic heterocycles. The molecule has 0 nitrogen and oxygen atoms in total. The molecule has 0 N–H and O–H groups in total. The van der Waals surface area contributed by atoms with E-state index in [1.807, 2.05) is 3.28 Å². The third-order valence-electron chi connectivity index (χ3n) is 12.3. The first-order valence-electron chi connectivity index (χ1n) is 17.5. The van der Waals surface area contributed by atoms with Gasteiger partial charge in [0.15, 0.2) is 0 Å². The van der Waals surface area contributed by atoms with E-state index in [1.54, 1.807) is 48.0 Å². The number of fused-ring (bicyclic) bond motifs is 3. The van der Waals surface area contributed by atoms with Gasteiger partial charge in [-0.15, -0.1) is 0 Å². The zero-order valence-corrected chi connectivity index (χ0v) is 31.4. The molecule has 228 valence electrons. The molecule has 4 saturated carbocycles. The first-order valence-corrected chi connectivity index (χ1v) is 21.2. The molecule has 1 atom stereocenters. The molecular weight excluding hydrogens is 596 g/mol. The first kappa shape index (κ1) is 30.3. The van der Waals surface area contributed by atoms with Gasteiger partial charge in [-0.2, -0.15) is 0 Å². The van der Waals surface area contributed by atoms with Crippen LogP contribution in [0.1, 0.15) is 136 Å². The maximum absolute atomic E-state index is 2.75. The first-order chi connectivity index (χ1) is 20.1. The fourth-order valence-corrected chi connectivity index (χ4v) is 18.7. The van der Waals surface area contributed by atoms with Crippen LogP contribution in [0, 0.1) is 29.1 Å². The average Bonchev–Trinajstić information content (AvgIpc) is 3.38. The normalized spacial score (nSPS) is 29.2. The second-order valence-corrected chi connectivity index (χ2v) is 25.0. The Morgan fingerprint density at radius 2 is 1.40 bits per heavy atom. The third-order valence-corrected chi connectivity index (χ3v) is 20.6. The Morgan fingerprint density at radius 1 is 0.814 bits per heavy atom. The van der Waals surface area contributed by atoms with Crippen molar-refractivity contribution in [1.82, 2.24) is 0 Å². The number of hydrogen-bond acceptors (Lipinski definition) is 0. The Kier molecular flexibility index (Phi) is 7.30. The molecule has 1 heteroatoms. The van der Waals surface area contributed by atoms with E-state index >= 15 is 0 Å². The Bertz CT molecular complexity index is 1550. The fourth-order valence-electron chi connectivity index (χ4n) is 10.6. The molecule has 1 unspecified atom stereocenters. The van der Waals surface area contributed by atoms with Gasteiger partial charge in [-0.1, -0.05) is 0 Å². The SMILES string of the molecule is CC1=[C]([Zr](=[C](C)C)[c]2cc(C(C)(C)C)cc3c2Cc2ccc(C(C)(C)C)cc2-3)C(C)C=C1CC12CC3CC(CC(C3)C1)C2. The van der Waals surface area contributed by atoms with E-state index in [4.69, 9.17) is 0 Å². The summed E-state index contributed by atoms with van der Waals surface area (Å²) in [6, 6.07) is 12.7. The van der Waals surface area contributed by atoms with Crippen LogP contribution in [0.3, 0.4) is 0 Å². The summed E-state index contributed by atoms with van der Waals surface area (Å²) in [5.74, 6) is 3.71. The number of allylic oxidation sites excluding steroid dienone is 4. The van der Waals surface area contributed by atoms with Crippen LogP contribution < -0.4 is 3.27 Å². The van der Waals surface area contributed by atoms with Crippen LogP contribution in [0.5, 0.6) is 0 Å². The Labute approximate surface area is 271 Å². The molecule has 0 saturated heterocycles. The van der Waals surface area contributed by atoms with E-state index in [0.717, 1.165) is 24.2 Å². The van der Waals surface area contributed by atoms with Gasteiger partial charge < -0.3 is 0 Å². The quantitative estimate of drug-likeness (QED) is 0.263. The minimum absolute atomic E-state index is 0.136. The van der Waals surface area contributed by atoms with Crippen LogP contribution in [-0.4, -0.2) is 3.21 Å². The van der Waals surface area contributed by atoms with Crippen molar-refractivity contribution in [3.05, 3.63) is 73.1 Å². The van der Waals surface area contributed by atoms with Crippen molar-refractivity contribution < 1.29 is 21.3 Å². The van der Waals surface area contributed by atoms with Gasteiger partial charge in [0.25, 0.3) is 0 Å². The minimum atomic E-state index is -2.34. The molecular formula is C42H56Zr. The van der Waals surface area contributed by atoms with E-state index in [0.29, 0.717) is 11.3 Å². The second kappa shape index (κ2) is 10.3. The average molecular weight is 652 g/mol. The molecule has 6 aliphatic rings. The van der Waals surface area contributed by atoms with E-state index in [2.05, 4.69) is 106 Å². The molecule has 0 aliphatic heterocycles. The molecule has 6 aliphatic carbocycles. The second-order valence-electron chi connectivity index (χ2n) is 18.1. The van der Waals surface area contributed by atoms with E-state index in [9.17, 15) is 0 Å². The number of rotatable bonds is 4. The Balaban J connectivity index is 1.33. The third kappa shape index (κ3) is 5.25. The van der Waals surface area contributed by atoms with Gasteiger partial charge in [0.05, 0.1) is 0 Å². The topological polar surface area (TPSA) is 0 Å². The fraction of sp³-hybridized carbons (Fsp3) is 0.595. The monoisotopic (exact) mass is 650 g/mol.